The van der Waals surface area contributed by atoms with Crippen LogP contribution >= 0.6 is 15.9 Å². The number of hydrogen-bond acceptors (Lipinski definition) is 2. The molecule has 6 heteroatoms. The van der Waals surface area contributed by atoms with E-state index < -0.39 is 11.7 Å². The molecule has 0 aliphatic carbocycles. The van der Waals surface area contributed by atoms with Gasteiger partial charge >= 0.3 is 6.18 Å². The van der Waals surface area contributed by atoms with Crippen molar-refractivity contribution in [2.75, 3.05) is 13.2 Å². The standard InChI is InChI=1S/C14H18BrF3O2/c1-13(2,3)20-7-6-19-12-5-4-10(9-15)8-11(12)14(16,17)18/h4-5,8H,6-7,9H2,1-3H3. The van der Waals surface area contributed by atoms with Gasteiger partial charge in [-0.05, 0) is 38.5 Å². The Morgan fingerprint density at radius 2 is 1.75 bits per heavy atom. The Balaban J connectivity index is 2.74. The Kier molecular flexibility index (Phi) is 5.89. The van der Waals surface area contributed by atoms with Crippen LogP contribution in [0.25, 0.3) is 0 Å². The van der Waals surface area contributed by atoms with Crippen LogP contribution < -0.4 is 4.74 Å². The molecule has 0 saturated heterocycles. The van der Waals surface area contributed by atoms with Crippen LogP contribution in [0.3, 0.4) is 0 Å². The van der Waals surface area contributed by atoms with Gasteiger partial charge in [0, 0.05) is 5.33 Å². The highest BCUT2D eigenvalue weighted by atomic mass is 79.9. The molecule has 0 saturated carbocycles. The molecule has 0 fully saturated rings. The second-order valence-corrected chi connectivity index (χ2v) is 5.83. The molecular weight excluding hydrogens is 337 g/mol. The summed E-state index contributed by atoms with van der Waals surface area (Å²) in [5.74, 6) is -0.167. The summed E-state index contributed by atoms with van der Waals surface area (Å²) in [6, 6.07) is 4.04. The average molecular weight is 355 g/mol. The zero-order chi connectivity index (χ0) is 15.4. The van der Waals surface area contributed by atoms with Crippen LogP contribution in [0.1, 0.15) is 31.9 Å². The van der Waals surface area contributed by atoms with Crippen molar-refractivity contribution in [2.24, 2.45) is 0 Å². The molecule has 0 heterocycles. The lowest BCUT2D eigenvalue weighted by Crippen LogP contribution is -2.23. The molecular formula is C14H18BrF3O2. The highest BCUT2D eigenvalue weighted by molar-refractivity contribution is 9.08. The van der Waals surface area contributed by atoms with Gasteiger partial charge in [-0.2, -0.15) is 13.2 Å². The quantitative estimate of drug-likeness (QED) is 0.558. The lowest BCUT2D eigenvalue weighted by atomic mass is 10.1. The van der Waals surface area contributed by atoms with Crippen LogP contribution in [0, 0.1) is 0 Å². The van der Waals surface area contributed by atoms with Gasteiger partial charge in [-0.15, -0.1) is 0 Å². The van der Waals surface area contributed by atoms with E-state index in [1.165, 1.54) is 6.07 Å². The molecule has 1 aromatic rings. The molecule has 0 aromatic heterocycles. The average Bonchev–Trinajstić information content (AvgIpc) is 2.32. The van der Waals surface area contributed by atoms with E-state index in [9.17, 15) is 13.2 Å². The minimum absolute atomic E-state index is 0.0774. The van der Waals surface area contributed by atoms with Crippen molar-refractivity contribution in [2.45, 2.75) is 37.9 Å². The van der Waals surface area contributed by atoms with E-state index in [1.54, 1.807) is 6.07 Å². The fraction of sp³-hybridized carbons (Fsp3) is 0.571. The summed E-state index contributed by atoms with van der Waals surface area (Å²) < 4.78 is 49.4. The lowest BCUT2D eigenvalue weighted by molar-refractivity contribution is -0.139. The summed E-state index contributed by atoms with van der Waals surface area (Å²) in [6.45, 7) is 5.94. The topological polar surface area (TPSA) is 18.5 Å². The number of alkyl halides is 4. The first-order valence-corrected chi connectivity index (χ1v) is 7.28. The van der Waals surface area contributed by atoms with Crippen molar-refractivity contribution in [3.05, 3.63) is 29.3 Å². The molecule has 0 aliphatic rings. The van der Waals surface area contributed by atoms with Crippen molar-refractivity contribution in [1.29, 1.82) is 0 Å². The van der Waals surface area contributed by atoms with Crippen LogP contribution in [-0.4, -0.2) is 18.8 Å². The van der Waals surface area contributed by atoms with Crippen LogP contribution in [0.5, 0.6) is 5.75 Å². The summed E-state index contributed by atoms with van der Waals surface area (Å²) in [5.41, 5.74) is -0.545. The molecule has 0 aliphatic heterocycles. The number of halogens is 4. The van der Waals surface area contributed by atoms with E-state index in [1.807, 2.05) is 20.8 Å². The molecule has 2 nitrogen and oxygen atoms in total. The van der Waals surface area contributed by atoms with Gasteiger partial charge in [0.1, 0.15) is 12.4 Å². The van der Waals surface area contributed by atoms with E-state index in [4.69, 9.17) is 9.47 Å². The van der Waals surface area contributed by atoms with E-state index in [0.29, 0.717) is 10.9 Å². The second-order valence-electron chi connectivity index (χ2n) is 5.27. The van der Waals surface area contributed by atoms with Crippen molar-refractivity contribution in [3.63, 3.8) is 0 Å². The normalized spacial score (nSPS) is 12.6. The van der Waals surface area contributed by atoms with Crippen molar-refractivity contribution < 1.29 is 22.6 Å². The Labute approximate surface area is 125 Å². The molecule has 0 unspecified atom stereocenters. The predicted octanol–water partition coefficient (Wildman–Crippen LogP) is 4.79. The largest absolute Gasteiger partial charge is 0.491 e. The van der Waals surface area contributed by atoms with Gasteiger partial charge in [0.25, 0.3) is 0 Å². The second kappa shape index (κ2) is 6.80. The summed E-state index contributed by atoms with van der Waals surface area (Å²) in [6.07, 6.45) is -4.43. The molecule has 20 heavy (non-hydrogen) atoms. The zero-order valence-electron chi connectivity index (χ0n) is 11.7. The molecule has 0 radical (unpaired) electrons. The first-order chi connectivity index (χ1) is 9.13. The van der Waals surface area contributed by atoms with E-state index in [-0.39, 0.29) is 24.6 Å². The summed E-state index contributed by atoms with van der Waals surface area (Å²) in [7, 11) is 0. The molecule has 0 amide bonds. The third-order valence-corrected chi connectivity index (χ3v) is 3.03. The maximum absolute atomic E-state index is 12.9. The fourth-order valence-electron chi connectivity index (χ4n) is 1.51. The van der Waals surface area contributed by atoms with Crippen molar-refractivity contribution in [1.82, 2.24) is 0 Å². The number of benzene rings is 1. The minimum Gasteiger partial charge on any atom is -0.491 e. The minimum atomic E-state index is -4.43. The molecule has 0 N–H and O–H groups in total. The maximum atomic E-state index is 12.9. The first kappa shape index (κ1) is 17.3. The lowest BCUT2D eigenvalue weighted by Gasteiger charge is -2.20. The number of hydrogen-bond donors (Lipinski definition) is 0. The van der Waals surface area contributed by atoms with Crippen molar-refractivity contribution >= 4 is 15.9 Å². The Morgan fingerprint density at radius 1 is 1.10 bits per heavy atom. The van der Waals surface area contributed by atoms with Crippen molar-refractivity contribution in [3.8, 4) is 5.75 Å². The smallest absolute Gasteiger partial charge is 0.419 e. The zero-order valence-corrected chi connectivity index (χ0v) is 13.3. The third-order valence-electron chi connectivity index (χ3n) is 2.38. The monoisotopic (exact) mass is 354 g/mol. The van der Waals surface area contributed by atoms with Crippen LogP contribution in [0.4, 0.5) is 13.2 Å². The molecule has 114 valence electrons. The molecule has 0 bridgehead atoms. The van der Waals surface area contributed by atoms with E-state index >= 15 is 0 Å². The molecule has 1 aromatic carbocycles. The molecule has 1 rings (SSSR count). The summed E-state index contributed by atoms with van der Waals surface area (Å²) in [5, 5.41) is 0.365. The van der Waals surface area contributed by atoms with Crippen LogP contribution in [-0.2, 0) is 16.2 Å². The van der Waals surface area contributed by atoms with Gasteiger partial charge in [-0.3, -0.25) is 0 Å². The van der Waals surface area contributed by atoms with E-state index in [0.717, 1.165) is 6.07 Å². The SMILES string of the molecule is CC(C)(C)OCCOc1ccc(CBr)cc1C(F)(F)F. The van der Waals surface area contributed by atoms with Gasteiger partial charge in [0.2, 0.25) is 0 Å². The Bertz CT molecular complexity index is 439. The van der Waals surface area contributed by atoms with Gasteiger partial charge in [-0.1, -0.05) is 22.0 Å². The summed E-state index contributed by atoms with van der Waals surface area (Å²) in [4.78, 5) is 0. The van der Waals surface area contributed by atoms with Gasteiger partial charge in [0.05, 0.1) is 17.8 Å². The predicted molar refractivity (Wildman–Crippen MR) is 75.3 cm³/mol. The van der Waals surface area contributed by atoms with Gasteiger partial charge in [-0.25, -0.2) is 0 Å². The fourth-order valence-corrected chi connectivity index (χ4v) is 1.86. The van der Waals surface area contributed by atoms with Crippen LogP contribution in [0.2, 0.25) is 0 Å². The highest BCUT2D eigenvalue weighted by Gasteiger charge is 2.34. The maximum Gasteiger partial charge on any atom is 0.419 e. The number of rotatable bonds is 5. The third kappa shape index (κ3) is 5.71. The van der Waals surface area contributed by atoms with Gasteiger partial charge < -0.3 is 9.47 Å². The highest BCUT2D eigenvalue weighted by Crippen LogP contribution is 2.37. The number of ether oxygens (including phenoxy) is 2. The first-order valence-electron chi connectivity index (χ1n) is 6.16. The van der Waals surface area contributed by atoms with E-state index in [2.05, 4.69) is 15.9 Å². The molecule has 0 spiro atoms. The Hall–Kier alpha value is -0.750. The summed E-state index contributed by atoms with van der Waals surface area (Å²) >= 11 is 3.14. The molecule has 0 atom stereocenters. The van der Waals surface area contributed by atoms with Gasteiger partial charge in [0.15, 0.2) is 0 Å². The van der Waals surface area contributed by atoms with Crippen LogP contribution in [0.15, 0.2) is 18.2 Å². The Morgan fingerprint density at radius 3 is 2.25 bits per heavy atom.